The van der Waals surface area contributed by atoms with Crippen LogP contribution in [0.1, 0.15) is 48.2 Å². The molecule has 0 spiro atoms. The smallest absolute Gasteiger partial charge is 0.322 e. The molecule has 4 rings (SSSR count). The summed E-state index contributed by atoms with van der Waals surface area (Å²) < 4.78 is 6.06. The van der Waals surface area contributed by atoms with Gasteiger partial charge in [-0.1, -0.05) is 43.7 Å². The lowest BCUT2D eigenvalue weighted by atomic mass is 9.79. The van der Waals surface area contributed by atoms with E-state index in [1.54, 1.807) is 24.3 Å². The molecule has 32 heavy (non-hydrogen) atoms. The van der Waals surface area contributed by atoms with Crippen molar-refractivity contribution in [2.45, 2.75) is 45.3 Å². The quantitative estimate of drug-likeness (QED) is 0.705. The van der Waals surface area contributed by atoms with Gasteiger partial charge >= 0.3 is 6.03 Å². The Morgan fingerprint density at radius 1 is 1.03 bits per heavy atom. The molecule has 0 aromatic heterocycles. The fraction of sp³-hybridized carbons (Fsp3) is 0.400. The highest BCUT2D eigenvalue weighted by molar-refractivity contribution is 6.07. The van der Waals surface area contributed by atoms with E-state index < -0.39 is 11.6 Å². The minimum Gasteiger partial charge on any atom is -0.490 e. The van der Waals surface area contributed by atoms with Crippen LogP contribution in [0.5, 0.6) is 5.75 Å². The molecule has 7 heteroatoms. The summed E-state index contributed by atoms with van der Waals surface area (Å²) in [4.78, 5) is 39.1. The van der Waals surface area contributed by atoms with Crippen LogP contribution in [0.15, 0.2) is 48.5 Å². The summed E-state index contributed by atoms with van der Waals surface area (Å²) in [5.41, 5.74) is 1.30. The zero-order chi connectivity index (χ0) is 22.9. The lowest BCUT2D eigenvalue weighted by molar-refractivity contribution is -0.125. The van der Waals surface area contributed by atoms with E-state index >= 15 is 0 Å². The Labute approximate surface area is 188 Å². The molecule has 7 nitrogen and oxygen atoms in total. The minimum atomic E-state index is -1.12. The lowest BCUT2D eigenvalue weighted by Crippen LogP contribution is -2.48. The van der Waals surface area contributed by atoms with E-state index in [-0.39, 0.29) is 23.8 Å². The highest BCUT2D eigenvalue weighted by Crippen LogP contribution is 2.33. The Balaban J connectivity index is 1.40. The van der Waals surface area contributed by atoms with Gasteiger partial charge in [0.2, 0.25) is 0 Å². The number of piperidine rings is 1. The Bertz CT molecular complexity index is 1010. The molecule has 1 atom stereocenters. The highest BCUT2D eigenvalue weighted by Gasteiger charge is 2.50. The van der Waals surface area contributed by atoms with Gasteiger partial charge in [0.15, 0.2) is 0 Å². The average molecular weight is 436 g/mol. The third-order valence-electron chi connectivity index (χ3n) is 6.40. The van der Waals surface area contributed by atoms with Gasteiger partial charge in [0.25, 0.3) is 11.8 Å². The number of ether oxygens (including phenoxy) is 1. The van der Waals surface area contributed by atoms with Crippen molar-refractivity contribution in [2.24, 2.45) is 5.92 Å². The maximum atomic E-state index is 13.0. The lowest BCUT2D eigenvalue weighted by Gasteiger charge is -2.33. The monoisotopic (exact) mass is 435 g/mol. The summed E-state index contributed by atoms with van der Waals surface area (Å²) in [6.45, 7) is 7.07. The molecule has 0 radical (unpaired) electrons. The number of aryl methyl sites for hydroxylation is 1. The number of rotatable bonds is 5. The molecule has 2 fully saturated rings. The van der Waals surface area contributed by atoms with Crippen LogP contribution in [0.3, 0.4) is 0 Å². The fourth-order valence-corrected chi connectivity index (χ4v) is 4.46. The van der Waals surface area contributed by atoms with Crippen LogP contribution >= 0.6 is 0 Å². The fourth-order valence-electron chi connectivity index (χ4n) is 4.46. The number of hydrogen-bond acceptors (Lipinski definition) is 4. The van der Waals surface area contributed by atoms with E-state index in [2.05, 4.69) is 10.6 Å². The molecule has 2 aromatic carbocycles. The number of hydrogen-bond donors (Lipinski definition) is 2. The first-order valence-electron chi connectivity index (χ1n) is 11.1. The molecule has 2 saturated heterocycles. The highest BCUT2D eigenvalue weighted by atomic mass is 16.5. The van der Waals surface area contributed by atoms with Crippen LogP contribution in [0.4, 0.5) is 4.79 Å². The Hall–Kier alpha value is -3.35. The first-order chi connectivity index (χ1) is 15.3. The number of nitrogens with one attached hydrogen (secondary N) is 2. The van der Waals surface area contributed by atoms with Crippen molar-refractivity contribution in [1.29, 1.82) is 0 Å². The van der Waals surface area contributed by atoms with Crippen LogP contribution < -0.4 is 15.4 Å². The Kier molecular flexibility index (Phi) is 5.91. The second-order valence-corrected chi connectivity index (χ2v) is 8.87. The van der Waals surface area contributed by atoms with Gasteiger partial charge in [-0.15, -0.1) is 0 Å². The Morgan fingerprint density at radius 2 is 1.66 bits per heavy atom. The van der Waals surface area contributed by atoms with Crippen LogP contribution in [0.25, 0.3) is 0 Å². The van der Waals surface area contributed by atoms with Gasteiger partial charge in [0, 0.05) is 31.5 Å². The molecule has 2 aliphatic heterocycles. The predicted molar refractivity (Wildman–Crippen MR) is 120 cm³/mol. The van der Waals surface area contributed by atoms with Gasteiger partial charge in [0.1, 0.15) is 17.4 Å². The number of carbonyl (C=O) groups excluding carboxylic acids is 3. The number of amides is 4. The normalized spacial score (nSPS) is 21.4. The first kappa shape index (κ1) is 21.9. The Morgan fingerprint density at radius 3 is 2.19 bits per heavy atom. The van der Waals surface area contributed by atoms with Crippen molar-refractivity contribution >= 4 is 17.8 Å². The van der Waals surface area contributed by atoms with E-state index in [1.165, 1.54) is 5.56 Å². The van der Waals surface area contributed by atoms with Crippen LogP contribution in [0.2, 0.25) is 0 Å². The van der Waals surface area contributed by atoms with Crippen molar-refractivity contribution in [2.75, 3.05) is 13.1 Å². The molecule has 2 heterocycles. The molecule has 2 aromatic rings. The maximum absolute atomic E-state index is 13.0. The summed E-state index contributed by atoms with van der Waals surface area (Å²) in [5, 5.41) is 5.09. The van der Waals surface area contributed by atoms with E-state index in [0.29, 0.717) is 24.2 Å². The molecule has 2 N–H and O–H groups in total. The standard InChI is InChI=1S/C25H29N3O4/c1-16(2)25(23(30)26-24(31)27-25)19-8-6-18(7-9-19)22(29)28-14-12-21(13-15-28)32-20-10-4-17(3)5-11-20/h4-11,16,21H,12-15H2,1-3H3,(H2,26,27,30,31)/t25-/m1/s1. The summed E-state index contributed by atoms with van der Waals surface area (Å²) in [6.07, 6.45) is 1.65. The topological polar surface area (TPSA) is 87.7 Å². The van der Waals surface area contributed by atoms with Crippen molar-refractivity contribution in [3.05, 3.63) is 65.2 Å². The minimum absolute atomic E-state index is 0.0381. The largest absolute Gasteiger partial charge is 0.490 e. The SMILES string of the molecule is Cc1ccc(OC2CCN(C(=O)c3ccc([C@@]4(C(C)C)NC(=O)NC4=O)cc3)CC2)cc1. The molecule has 0 unspecified atom stereocenters. The van der Waals surface area contributed by atoms with Gasteiger partial charge in [0.05, 0.1) is 0 Å². The third-order valence-corrected chi connectivity index (χ3v) is 6.40. The van der Waals surface area contributed by atoms with Gasteiger partial charge in [-0.2, -0.15) is 0 Å². The third kappa shape index (κ3) is 4.07. The summed E-state index contributed by atoms with van der Waals surface area (Å²) in [6, 6.07) is 14.5. The van der Waals surface area contributed by atoms with E-state index in [0.717, 1.165) is 18.6 Å². The number of urea groups is 1. The number of likely N-dealkylation sites (tertiary alicyclic amines) is 1. The summed E-state index contributed by atoms with van der Waals surface area (Å²) >= 11 is 0. The van der Waals surface area contributed by atoms with Gasteiger partial charge < -0.3 is 15.0 Å². The van der Waals surface area contributed by atoms with Crippen molar-refractivity contribution in [3.8, 4) is 5.75 Å². The summed E-state index contributed by atoms with van der Waals surface area (Å²) in [7, 11) is 0. The number of nitrogens with zero attached hydrogens (tertiary/aromatic N) is 1. The van der Waals surface area contributed by atoms with E-state index in [9.17, 15) is 14.4 Å². The van der Waals surface area contributed by atoms with Gasteiger partial charge in [-0.25, -0.2) is 4.79 Å². The maximum Gasteiger partial charge on any atom is 0.322 e. The van der Waals surface area contributed by atoms with Crippen LogP contribution in [0, 0.1) is 12.8 Å². The molecular formula is C25H29N3O4. The van der Waals surface area contributed by atoms with E-state index in [1.807, 2.05) is 49.9 Å². The zero-order valence-electron chi connectivity index (χ0n) is 18.7. The van der Waals surface area contributed by atoms with E-state index in [4.69, 9.17) is 4.74 Å². The second-order valence-electron chi connectivity index (χ2n) is 8.87. The molecule has 4 amide bonds. The van der Waals surface area contributed by atoms with Crippen molar-refractivity contribution in [1.82, 2.24) is 15.5 Å². The van der Waals surface area contributed by atoms with Crippen LogP contribution in [-0.4, -0.2) is 41.9 Å². The predicted octanol–water partition coefficient (Wildman–Crippen LogP) is 3.37. The average Bonchev–Trinajstić information content (AvgIpc) is 3.10. The first-order valence-corrected chi connectivity index (χ1v) is 11.1. The molecular weight excluding hydrogens is 406 g/mol. The number of carbonyl (C=O) groups is 3. The van der Waals surface area contributed by atoms with Crippen molar-refractivity contribution in [3.63, 3.8) is 0 Å². The molecule has 0 saturated carbocycles. The molecule has 0 aliphatic carbocycles. The van der Waals surface area contributed by atoms with Gasteiger partial charge in [-0.3, -0.25) is 14.9 Å². The van der Waals surface area contributed by atoms with Crippen LogP contribution in [-0.2, 0) is 10.3 Å². The zero-order valence-corrected chi connectivity index (χ0v) is 18.7. The van der Waals surface area contributed by atoms with Gasteiger partial charge in [-0.05, 0) is 42.7 Å². The molecule has 2 aliphatic rings. The molecule has 168 valence electrons. The molecule has 0 bridgehead atoms. The summed E-state index contributed by atoms with van der Waals surface area (Å²) in [5.74, 6) is 0.303. The van der Waals surface area contributed by atoms with Crippen molar-refractivity contribution < 1.29 is 19.1 Å². The number of benzene rings is 2. The second kappa shape index (κ2) is 8.65. The number of imide groups is 1.